The molecule has 0 aliphatic carbocycles. The molecule has 1 N–H and O–H groups in total. The molecule has 5 heteroatoms. The van der Waals surface area contributed by atoms with Crippen LogP contribution in [0.5, 0.6) is 5.75 Å². The Kier molecular flexibility index (Phi) is 5.86. The molecule has 0 fully saturated rings. The summed E-state index contributed by atoms with van der Waals surface area (Å²) in [4.78, 5) is 12.4. The normalized spacial score (nSPS) is 18.8. The first-order valence-electron chi connectivity index (χ1n) is 6.82. The SMILES string of the molecule is COCC(Br)CCNC(=O)C1COc2ccccc2C1. The van der Waals surface area contributed by atoms with Crippen LogP contribution in [0, 0.1) is 5.92 Å². The van der Waals surface area contributed by atoms with Crippen molar-refractivity contribution >= 4 is 21.8 Å². The number of fused-ring (bicyclic) bond motifs is 1. The predicted molar refractivity (Wildman–Crippen MR) is 81.3 cm³/mol. The Morgan fingerprint density at radius 2 is 2.35 bits per heavy atom. The van der Waals surface area contributed by atoms with Gasteiger partial charge in [-0.15, -0.1) is 0 Å². The highest BCUT2D eigenvalue weighted by Crippen LogP contribution is 2.26. The second-order valence-electron chi connectivity index (χ2n) is 4.95. The lowest BCUT2D eigenvalue weighted by atomic mass is 9.96. The van der Waals surface area contributed by atoms with E-state index in [0.717, 1.165) is 24.2 Å². The average molecular weight is 342 g/mol. The van der Waals surface area contributed by atoms with Gasteiger partial charge in [0.25, 0.3) is 0 Å². The van der Waals surface area contributed by atoms with Crippen LogP contribution in [-0.2, 0) is 16.0 Å². The molecule has 2 atom stereocenters. The molecule has 1 amide bonds. The number of hydrogen-bond donors (Lipinski definition) is 1. The maximum absolute atomic E-state index is 12.1. The molecule has 0 spiro atoms. The summed E-state index contributed by atoms with van der Waals surface area (Å²) < 4.78 is 10.7. The van der Waals surface area contributed by atoms with Crippen molar-refractivity contribution in [3.8, 4) is 5.75 Å². The quantitative estimate of drug-likeness (QED) is 0.806. The number of methoxy groups -OCH3 is 1. The van der Waals surface area contributed by atoms with E-state index in [1.54, 1.807) is 7.11 Å². The number of amides is 1. The van der Waals surface area contributed by atoms with Gasteiger partial charge in [0.1, 0.15) is 12.4 Å². The summed E-state index contributed by atoms with van der Waals surface area (Å²) >= 11 is 3.50. The molecule has 0 saturated heterocycles. The molecule has 2 unspecified atom stereocenters. The van der Waals surface area contributed by atoms with Gasteiger partial charge in [-0.25, -0.2) is 0 Å². The van der Waals surface area contributed by atoms with Crippen LogP contribution in [0.4, 0.5) is 0 Å². The molecule has 1 heterocycles. The van der Waals surface area contributed by atoms with Gasteiger partial charge in [0.15, 0.2) is 0 Å². The number of para-hydroxylation sites is 1. The number of hydrogen-bond acceptors (Lipinski definition) is 3. The van der Waals surface area contributed by atoms with Crippen LogP contribution >= 0.6 is 15.9 Å². The number of benzene rings is 1. The average Bonchev–Trinajstić information content (AvgIpc) is 2.47. The number of carbonyl (C=O) groups is 1. The molecule has 4 nitrogen and oxygen atoms in total. The molecule has 0 aromatic heterocycles. The smallest absolute Gasteiger partial charge is 0.226 e. The van der Waals surface area contributed by atoms with Crippen molar-refractivity contribution in [1.82, 2.24) is 5.32 Å². The van der Waals surface area contributed by atoms with Gasteiger partial charge in [0.2, 0.25) is 5.91 Å². The first kappa shape index (κ1) is 15.3. The van der Waals surface area contributed by atoms with Gasteiger partial charge >= 0.3 is 0 Å². The Bertz CT molecular complexity index is 452. The molecule has 1 aliphatic rings. The van der Waals surface area contributed by atoms with Gasteiger partial charge in [-0.05, 0) is 24.5 Å². The van der Waals surface area contributed by atoms with Crippen molar-refractivity contribution in [2.24, 2.45) is 5.92 Å². The lowest BCUT2D eigenvalue weighted by molar-refractivity contribution is -0.126. The summed E-state index contributed by atoms with van der Waals surface area (Å²) in [6, 6.07) is 7.89. The predicted octanol–water partition coefficient (Wildman–Crippen LogP) is 2.15. The first-order chi connectivity index (χ1) is 9.70. The van der Waals surface area contributed by atoms with Crippen LogP contribution < -0.4 is 10.1 Å². The van der Waals surface area contributed by atoms with Crippen LogP contribution in [0.3, 0.4) is 0 Å². The molecule has 0 bridgehead atoms. The molecule has 1 aromatic rings. The van der Waals surface area contributed by atoms with Crippen LogP contribution in [0.15, 0.2) is 24.3 Å². The number of ether oxygens (including phenoxy) is 2. The van der Waals surface area contributed by atoms with Gasteiger partial charge in [-0.2, -0.15) is 0 Å². The Morgan fingerprint density at radius 3 is 3.15 bits per heavy atom. The lowest BCUT2D eigenvalue weighted by Crippen LogP contribution is -2.38. The zero-order valence-corrected chi connectivity index (χ0v) is 13.2. The summed E-state index contributed by atoms with van der Waals surface area (Å²) in [5, 5.41) is 2.97. The Hall–Kier alpha value is -1.07. The van der Waals surface area contributed by atoms with E-state index >= 15 is 0 Å². The van der Waals surface area contributed by atoms with Crippen LogP contribution in [0.1, 0.15) is 12.0 Å². The molecule has 20 heavy (non-hydrogen) atoms. The summed E-state index contributed by atoms with van der Waals surface area (Å²) in [6.45, 7) is 1.75. The van der Waals surface area contributed by atoms with E-state index in [-0.39, 0.29) is 16.7 Å². The Labute approximate surface area is 128 Å². The highest BCUT2D eigenvalue weighted by atomic mass is 79.9. The minimum absolute atomic E-state index is 0.0663. The second-order valence-corrected chi connectivity index (χ2v) is 6.25. The summed E-state index contributed by atoms with van der Waals surface area (Å²) in [6.07, 6.45) is 1.60. The molecule has 1 aliphatic heterocycles. The van der Waals surface area contributed by atoms with Crippen molar-refractivity contribution in [3.63, 3.8) is 0 Å². The second kappa shape index (κ2) is 7.64. The van der Waals surface area contributed by atoms with E-state index in [1.165, 1.54) is 0 Å². The highest BCUT2D eigenvalue weighted by Gasteiger charge is 2.25. The van der Waals surface area contributed by atoms with Crippen LogP contribution in [0.25, 0.3) is 0 Å². The van der Waals surface area contributed by atoms with Crippen LogP contribution in [0.2, 0.25) is 0 Å². The van der Waals surface area contributed by atoms with E-state index in [9.17, 15) is 4.79 Å². The fourth-order valence-corrected chi connectivity index (χ4v) is 2.75. The summed E-state index contributed by atoms with van der Waals surface area (Å²) in [7, 11) is 1.67. The number of alkyl halides is 1. The molecule has 110 valence electrons. The maximum atomic E-state index is 12.1. The standard InChI is InChI=1S/C15H20BrNO3/c1-19-10-13(16)6-7-17-15(18)12-8-11-4-2-3-5-14(11)20-9-12/h2-5,12-13H,6-10H2,1H3,(H,17,18). The van der Waals surface area contributed by atoms with Crippen molar-refractivity contribution < 1.29 is 14.3 Å². The van der Waals surface area contributed by atoms with Gasteiger partial charge in [-0.1, -0.05) is 34.1 Å². The lowest BCUT2D eigenvalue weighted by Gasteiger charge is -2.24. The van der Waals surface area contributed by atoms with Gasteiger partial charge in [0.05, 0.1) is 12.5 Å². The van der Waals surface area contributed by atoms with E-state index in [4.69, 9.17) is 9.47 Å². The third-order valence-electron chi connectivity index (χ3n) is 3.35. The monoisotopic (exact) mass is 341 g/mol. The largest absolute Gasteiger partial charge is 0.492 e. The zero-order chi connectivity index (χ0) is 14.4. The van der Waals surface area contributed by atoms with E-state index in [0.29, 0.717) is 19.8 Å². The van der Waals surface area contributed by atoms with Crippen LogP contribution in [-0.4, -0.2) is 37.6 Å². The molecule has 1 aromatic carbocycles. The minimum atomic E-state index is -0.0962. The van der Waals surface area contributed by atoms with Gasteiger partial charge < -0.3 is 14.8 Å². The highest BCUT2D eigenvalue weighted by molar-refractivity contribution is 9.09. The molecular weight excluding hydrogens is 322 g/mol. The fraction of sp³-hybridized carbons (Fsp3) is 0.533. The molecular formula is C15H20BrNO3. The van der Waals surface area contributed by atoms with E-state index < -0.39 is 0 Å². The molecule has 0 radical (unpaired) electrons. The molecule has 0 saturated carbocycles. The first-order valence-corrected chi connectivity index (χ1v) is 7.73. The number of carbonyl (C=O) groups excluding carboxylic acids is 1. The Balaban J connectivity index is 1.77. The maximum Gasteiger partial charge on any atom is 0.226 e. The third kappa shape index (κ3) is 4.21. The zero-order valence-electron chi connectivity index (χ0n) is 11.6. The van der Waals surface area contributed by atoms with Gasteiger partial charge in [-0.3, -0.25) is 4.79 Å². The fourth-order valence-electron chi connectivity index (χ4n) is 2.26. The van der Waals surface area contributed by atoms with Crippen molar-refractivity contribution in [2.75, 3.05) is 26.9 Å². The molecule has 2 rings (SSSR count). The van der Waals surface area contributed by atoms with Crippen molar-refractivity contribution in [1.29, 1.82) is 0 Å². The third-order valence-corrected chi connectivity index (χ3v) is 4.08. The Morgan fingerprint density at radius 1 is 1.55 bits per heavy atom. The van der Waals surface area contributed by atoms with Crippen molar-refractivity contribution in [3.05, 3.63) is 29.8 Å². The van der Waals surface area contributed by atoms with Gasteiger partial charge in [0, 0.05) is 18.5 Å². The number of halogens is 1. The van der Waals surface area contributed by atoms with E-state index in [2.05, 4.69) is 21.2 Å². The summed E-state index contributed by atoms with van der Waals surface area (Å²) in [5.41, 5.74) is 1.11. The van der Waals surface area contributed by atoms with Crippen molar-refractivity contribution in [2.45, 2.75) is 17.7 Å². The number of nitrogens with one attached hydrogen (secondary N) is 1. The summed E-state index contributed by atoms with van der Waals surface area (Å²) in [5.74, 6) is 0.870. The van der Waals surface area contributed by atoms with E-state index in [1.807, 2.05) is 24.3 Å². The topological polar surface area (TPSA) is 47.6 Å². The number of rotatable bonds is 6. The minimum Gasteiger partial charge on any atom is -0.492 e.